The predicted molar refractivity (Wildman–Crippen MR) is 162 cm³/mol. The second-order valence-corrected chi connectivity index (χ2v) is 11.6. The number of pyridine rings is 1. The highest BCUT2D eigenvalue weighted by Gasteiger charge is 2.42. The summed E-state index contributed by atoms with van der Waals surface area (Å²) >= 11 is 6.15. The van der Waals surface area contributed by atoms with Gasteiger partial charge in [-0.15, -0.1) is 0 Å². The summed E-state index contributed by atoms with van der Waals surface area (Å²) < 4.78 is 18.8. The molecular weight excluding hydrogens is 569 g/mol. The lowest BCUT2D eigenvalue weighted by Crippen LogP contribution is -2.44. The van der Waals surface area contributed by atoms with Crippen molar-refractivity contribution in [1.29, 1.82) is 5.26 Å². The van der Waals surface area contributed by atoms with Gasteiger partial charge in [0.05, 0.1) is 18.2 Å². The Bertz CT molecular complexity index is 1440. The van der Waals surface area contributed by atoms with Gasteiger partial charge in [0.15, 0.2) is 0 Å². The maximum Gasteiger partial charge on any atom is 0.409 e. The molecule has 3 heterocycles. The number of piperidine rings is 1. The second kappa shape index (κ2) is 13.9. The predicted octanol–water partition coefficient (Wildman–Crippen LogP) is 5.66. The van der Waals surface area contributed by atoms with E-state index in [1.165, 1.54) is 12.1 Å². The number of aromatic nitrogens is 1. The van der Waals surface area contributed by atoms with Crippen LogP contribution in [0.15, 0.2) is 66.9 Å². The average Bonchev–Trinajstić information content (AvgIpc) is 3.49. The Kier molecular flexibility index (Phi) is 9.78. The number of benzene rings is 2. The van der Waals surface area contributed by atoms with E-state index in [1.54, 1.807) is 36.3 Å². The van der Waals surface area contributed by atoms with Crippen LogP contribution in [0.25, 0.3) is 0 Å². The van der Waals surface area contributed by atoms with E-state index in [-0.39, 0.29) is 36.2 Å². The molecule has 0 saturated carbocycles. The molecule has 0 bridgehead atoms. The first kappa shape index (κ1) is 30.3. The van der Waals surface area contributed by atoms with Gasteiger partial charge in [-0.1, -0.05) is 35.9 Å². The highest BCUT2D eigenvalue weighted by molar-refractivity contribution is 6.30. The molecule has 8 nitrogen and oxygen atoms in total. The first-order valence-corrected chi connectivity index (χ1v) is 15.0. The average molecular weight is 604 g/mol. The van der Waals surface area contributed by atoms with Gasteiger partial charge >= 0.3 is 6.09 Å². The molecule has 2 atom stereocenters. The highest BCUT2D eigenvalue weighted by Crippen LogP contribution is 2.34. The smallest absolute Gasteiger partial charge is 0.409 e. The summed E-state index contributed by atoms with van der Waals surface area (Å²) in [5.41, 5.74) is 2.52. The molecule has 2 fully saturated rings. The van der Waals surface area contributed by atoms with E-state index < -0.39 is 6.09 Å². The van der Waals surface area contributed by atoms with Crippen LogP contribution in [-0.4, -0.2) is 72.7 Å². The number of likely N-dealkylation sites (N-methyl/N-ethyl adjacent to an activating group) is 1. The number of carbonyl (C=O) groups excluding carboxylic acids is 2. The summed E-state index contributed by atoms with van der Waals surface area (Å²) in [7, 11) is 1.73. The number of nitrogens with zero attached hydrogens (tertiary/aromatic N) is 5. The van der Waals surface area contributed by atoms with Crippen LogP contribution in [0, 0.1) is 23.1 Å². The minimum atomic E-state index is -0.430. The van der Waals surface area contributed by atoms with Gasteiger partial charge in [0, 0.05) is 56.3 Å². The Morgan fingerprint density at radius 3 is 2.44 bits per heavy atom. The van der Waals surface area contributed by atoms with Crippen LogP contribution in [0.5, 0.6) is 0 Å². The SMILES string of the molecule is CN(C(=O)OCCCc1ccc(F)cc1)[C@@H]1CN(C(=O)C2CCN(c3ccc(C#N)cn3)CC2)C[C@H]1c1ccc(Cl)cc1. The minimum absolute atomic E-state index is 0.0825. The van der Waals surface area contributed by atoms with Crippen LogP contribution >= 0.6 is 11.6 Å². The third kappa shape index (κ3) is 7.44. The van der Waals surface area contributed by atoms with Crippen LogP contribution in [-0.2, 0) is 16.0 Å². The fourth-order valence-corrected chi connectivity index (χ4v) is 6.10. The number of likely N-dealkylation sites (tertiary alicyclic amines) is 1. The summed E-state index contributed by atoms with van der Waals surface area (Å²) in [5, 5.41) is 9.66. The van der Waals surface area contributed by atoms with Crippen molar-refractivity contribution in [3.63, 3.8) is 0 Å². The molecule has 0 aliphatic carbocycles. The maximum atomic E-state index is 13.7. The van der Waals surface area contributed by atoms with Gasteiger partial charge in [-0.05, 0) is 73.2 Å². The van der Waals surface area contributed by atoms with Crippen molar-refractivity contribution >= 4 is 29.4 Å². The molecule has 0 unspecified atom stereocenters. The standard InChI is InChI=1S/C33H35ClFN5O3/c1-38(33(42)43-18-2-3-23-4-11-28(35)12-5-23)30-22-40(21-29(30)25-7-9-27(34)10-8-25)32(41)26-14-16-39(17-15-26)31-13-6-24(19-36)20-37-31/h4-13,20,26,29-30H,2-3,14-18,21-22H2,1H3/t29-,30+/m0/s1. The van der Waals surface area contributed by atoms with Crippen molar-refractivity contribution in [3.8, 4) is 6.07 Å². The van der Waals surface area contributed by atoms with Crippen LogP contribution in [0.3, 0.4) is 0 Å². The number of amides is 2. The van der Waals surface area contributed by atoms with Crippen molar-refractivity contribution in [2.45, 2.75) is 37.6 Å². The fourth-order valence-electron chi connectivity index (χ4n) is 5.97. The molecule has 3 aromatic rings. The maximum absolute atomic E-state index is 13.7. The van der Waals surface area contributed by atoms with Gasteiger partial charge in [0.1, 0.15) is 17.7 Å². The zero-order valence-corrected chi connectivity index (χ0v) is 24.9. The number of halogens is 2. The highest BCUT2D eigenvalue weighted by atomic mass is 35.5. The Hall–Kier alpha value is -4.16. The Labute approximate surface area is 256 Å². The molecule has 224 valence electrons. The summed E-state index contributed by atoms with van der Waals surface area (Å²) in [6, 6.07) is 19.3. The van der Waals surface area contributed by atoms with Gasteiger partial charge in [0.2, 0.25) is 5.91 Å². The third-order valence-electron chi connectivity index (χ3n) is 8.48. The van der Waals surface area contributed by atoms with Crippen molar-refractivity contribution < 1.29 is 18.7 Å². The first-order chi connectivity index (χ1) is 20.8. The zero-order chi connectivity index (χ0) is 30.3. The molecule has 2 aliphatic rings. The van der Waals surface area contributed by atoms with E-state index in [0.717, 1.165) is 16.9 Å². The topological polar surface area (TPSA) is 89.8 Å². The quantitative estimate of drug-likeness (QED) is 0.309. The molecule has 2 amide bonds. The molecule has 43 heavy (non-hydrogen) atoms. The van der Waals surface area contributed by atoms with Crippen LogP contribution < -0.4 is 4.90 Å². The van der Waals surface area contributed by atoms with Gasteiger partial charge < -0.3 is 19.4 Å². The molecule has 0 N–H and O–H groups in total. The normalized spacial score (nSPS) is 18.7. The summed E-state index contributed by atoms with van der Waals surface area (Å²) in [4.78, 5) is 36.9. The summed E-state index contributed by atoms with van der Waals surface area (Å²) in [6.45, 7) is 2.58. The number of hydrogen-bond acceptors (Lipinski definition) is 6. The van der Waals surface area contributed by atoms with Crippen molar-refractivity contribution in [2.24, 2.45) is 5.92 Å². The zero-order valence-electron chi connectivity index (χ0n) is 24.2. The molecule has 2 aliphatic heterocycles. The van der Waals surface area contributed by atoms with Crippen molar-refractivity contribution in [1.82, 2.24) is 14.8 Å². The van der Waals surface area contributed by atoms with E-state index in [2.05, 4.69) is 16.0 Å². The Morgan fingerprint density at radius 1 is 1.07 bits per heavy atom. The number of nitriles is 1. The molecule has 0 radical (unpaired) electrons. The molecule has 5 rings (SSSR count). The Morgan fingerprint density at radius 2 is 1.79 bits per heavy atom. The minimum Gasteiger partial charge on any atom is -0.449 e. The van der Waals surface area contributed by atoms with Crippen molar-refractivity contribution in [2.75, 3.05) is 44.7 Å². The first-order valence-electron chi connectivity index (χ1n) is 14.6. The number of anilines is 1. The third-order valence-corrected chi connectivity index (χ3v) is 8.73. The number of hydrogen-bond donors (Lipinski definition) is 0. The largest absolute Gasteiger partial charge is 0.449 e. The van der Waals surface area contributed by atoms with Gasteiger partial charge in [-0.3, -0.25) is 4.79 Å². The van der Waals surface area contributed by atoms with Gasteiger partial charge in [-0.2, -0.15) is 5.26 Å². The van der Waals surface area contributed by atoms with Gasteiger partial charge in [-0.25, -0.2) is 14.2 Å². The fraction of sp³-hybridized carbons (Fsp3) is 0.394. The Balaban J connectivity index is 1.19. The summed E-state index contributed by atoms with van der Waals surface area (Å²) in [5.74, 6) is 0.451. The van der Waals surface area contributed by atoms with Crippen molar-refractivity contribution in [3.05, 3.63) is 94.4 Å². The lowest BCUT2D eigenvalue weighted by atomic mass is 9.93. The molecule has 2 aromatic carbocycles. The molecule has 10 heteroatoms. The van der Waals surface area contributed by atoms with E-state index >= 15 is 0 Å². The lowest BCUT2D eigenvalue weighted by molar-refractivity contribution is -0.135. The number of carbonyl (C=O) groups is 2. The van der Waals surface area contributed by atoms with Crippen LogP contribution in [0.4, 0.5) is 15.0 Å². The molecule has 2 saturated heterocycles. The van der Waals surface area contributed by atoms with E-state index in [0.29, 0.717) is 62.4 Å². The van der Waals surface area contributed by atoms with Crippen LogP contribution in [0.1, 0.15) is 41.9 Å². The molecule has 0 spiro atoms. The lowest BCUT2D eigenvalue weighted by Gasteiger charge is -2.34. The molecular formula is C33H35ClFN5O3. The second-order valence-electron chi connectivity index (χ2n) is 11.2. The summed E-state index contributed by atoms with van der Waals surface area (Å²) in [6.07, 6.45) is 3.86. The number of rotatable bonds is 8. The van der Waals surface area contributed by atoms with Gasteiger partial charge in [0.25, 0.3) is 0 Å². The van der Waals surface area contributed by atoms with E-state index in [1.807, 2.05) is 35.2 Å². The molecule has 1 aromatic heterocycles. The number of aryl methyl sites for hydroxylation is 1. The van der Waals surface area contributed by atoms with E-state index in [4.69, 9.17) is 21.6 Å². The van der Waals surface area contributed by atoms with Crippen LogP contribution in [0.2, 0.25) is 5.02 Å². The number of ether oxygens (including phenoxy) is 1. The van der Waals surface area contributed by atoms with E-state index in [9.17, 15) is 14.0 Å². The monoisotopic (exact) mass is 603 g/mol.